The number of imidazole rings is 1. The van der Waals surface area contributed by atoms with Gasteiger partial charge in [-0.3, -0.25) is 4.90 Å². The molecule has 1 aliphatic heterocycles. The van der Waals surface area contributed by atoms with Crippen LogP contribution in [0.15, 0.2) is 30.3 Å². The number of benzene rings is 1. The van der Waals surface area contributed by atoms with Crippen LogP contribution in [0.1, 0.15) is 37.1 Å². The quantitative estimate of drug-likeness (QED) is 0.439. The van der Waals surface area contributed by atoms with E-state index in [2.05, 4.69) is 46.0 Å². The lowest BCUT2D eigenvalue weighted by molar-refractivity contribution is -0.193. The third-order valence-electron chi connectivity index (χ3n) is 6.35. The Morgan fingerprint density at radius 2 is 1.36 bits per heavy atom. The van der Waals surface area contributed by atoms with Crippen LogP contribution in [0.25, 0.3) is 11.4 Å². The van der Waals surface area contributed by atoms with Crippen molar-refractivity contribution in [2.24, 2.45) is 5.92 Å². The van der Waals surface area contributed by atoms with E-state index >= 15 is 0 Å². The molecule has 0 amide bonds. The molecular weight excluding hydrogens is 534 g/mol. The summed E-state index contributed by atoms with van der Waals surface area (Å²) in [6.07, 6.45) is -4.36. The maximum Gasteiger partial charge on any atom is 0.490 e. The molecule has 14 heteroatoms. The largest absolute Gasteiger partial charge is 0.490 e. The third kappa shape index (κ3) is 11.2. The highest BCUT2D eigenvalue weighted by molar-refractivity contribution is 5.73. The highest BCUT2D eigenvalue weighted by Crippen LogP contribution is 2.26. The Bertz CT molecular complexity index is 1020. The smallest absolute Gasteiger partial charge is 0.475 e. The Balaban J connectivity index is 0.000000317. The normalized spacial score (nSPS) is 17.1. The van der Waals surface area contributed by atoms with Crippen LogP contribution in [0.3, 0.4) is 0 Å². The molecule has 8 nitrogen and oxygen atoms in total. The third-order valence-corrected chi connectivity index (χ3v) is 6.35. The van der Waals surface area contributed by atoms with Crippen LogP contribution in [-0.2, 0) is 16.1 Å². The fraction of sp³-hybridized carbons (Fsp3) is 0.560. The first-order valence-corrected chi connectivity index (χ1v) is 12.3. The zero-order valence-corrected chi connectivity index (χ0v) is 21.4. The molecule has 2 aromatic rings. The molecular formula is C25H32F6N4O4. The van der Waals surface area contributed by atoms with Gasteiger partial charge in [0, 0.05) is 50.5 Å². The number of hydrogen-bond donors (Lipinski definition) is 3. The molecule has 0 unspecified atom stereocenters. The first-order chi connectivity index (χ1) is 18.2. The average Bonchev–Trinajstić information content (AvgIpc) is 3.50. The number of halogens is 6. The molecule has 2 aliphatic rings. The molecule has 0 atom stereocenters. The van der Waals surface area contributed by atoms with Gasteiger partial charge in [0.05, 0.1) is 5.69 Å². The van der Waals surface area contributed by atoms with Gasteiger partial charge in [0.1, 0.15) is 5.82 Å². The van der Waals surface area contributed by atoms with Crippen molar-refractivity contribution < 1.29 is 46.1 Å². The lowest BCUT2D eigenvalue weighted by Crippen LogP contribution is -2.47. The minimum atomic E-state index is -5.08. The topological polar surface area (TPSA) is 110 Å². The van der Waals surface area contributed by atoms with Gasteiger partial charge in [-0.2, -0.15) is 26.3 Å². The number of aromatic nitrogens is 2. The number of alkyl halides is 6. The van der Waals surface area contributed by atoms with Crippen molar-refractivity contribution in [1.29, 1.82) is 0 Å². The monoisotopic (exact) mass is 566 g/mol. The summed E-state index contributed by atoms with van der Waals surface area (Å²) in [6, 6.07) is 10.4. The van der Waals surface area contributed by atoms with Crippen molar-refractivity contribution in [1.82, 2.24) is 19.8 Å². The number of aromatic amines is 1. The molecule has 2 fully saturated rings. The maximum absolute atomic E-state index is 10.6. The van der Waals surface area contributed by atoms with Gasteiger partial charge in [0.15, 0.2) is 0 Å². The average molecular weight is 567 g/mol. The number of hydrogen-bond acceptors (Lipinski definition) is 5. The molecule has 0 bridgehead atoms. The van der Waals surface area contributed by atoms with E-state index in [0.717, 1.165) is 18.3 Å². The van der Waals surface area contributed by atoms with Crippen molar-refractivity contribution in [3.05, 3.63) is 41.7 Å². The van der Waals surface area contributed by atoms with Crippen molar-refractivity contribution in [2.45, 2.75) is 51.5 Å². The fourth-order valence-electron chi connectivity index (χ4n) is 4.28. The second-order valence-electron chi connectivity index (χ2n) is 9.36. The number of carboxylic acid groups (broad SMARTS) is 2. The van der Waals surface area contributed by atoms with Gasteiger partial charge >= 0.3 is 24.3 Å². The van der Waals surface area contributed by atoms with Gasteiger partial charge in [0.25, 0.3) is 0 Å². The van der Waals surface area contributed by atoms with Crippen molar-refractivity contribution in [2.75, 3.05) is 32.7 Å². The van der Waals surface area contributed by atoms with Gasteiger partial charge < -0.3 is 20.1 Å². The second-order valence-corrected chi connectivity index (χ2v) is 9.36. The summed E-state index contributed by atoms with van der Waals surface area (Å²) in [5.41, 5.74) is 3.56. The van der Waals surface area contributed by atoms with Gasteiger partial charge in [-0.1, -0.05) is 43.2 Å². The van der Waals surface area contributed by atoms with E-state index in [9.17, 15) is 26.3 Å². The van der Waals surface area contributed by atoms with Crippen LogP contribution in [0.2, 0.25) is 0 Å². The summed E-state index contributed by atoms with van der Waals surface area (Å²) in [7, 11) is 0. The van der Waals surface area contributed by atoms with E-state index in [0.29, 0.717) is 0 Å². The molecule has 39 heavy (non-hydrogen) atoms. The van der Waals surface area contributed by atoms with E-state index in [1.807, 2.05) is 6.07 Å². The summed E-state index contributed by atoms with van der Waals surface area (Å²) in [5, 5.41) is 14.2. The highest BCUT2D eigenvalue weighted by atomic mass is 19.4. The van der Waals surface area contributed by atoms with Crippen LogP contribution in [0.5, 0.6) is 0 Å². The van der Waals surface area contributed by atoms with E-state index in [-0.39, 0.29) is 0 Å². The van der Waals surface area contributed by atoms with E-state index in [1.54, 1.807) is 0 Å². The van der Waals surface area contributed by atoms with Crippen LogP contribution < -0.4 is 0 Å². The first kappa shape index (κ1) is 32.1. The lowest BCUT2D eigenvalue weighted by atomic mass is 10.1. The Morgan fingerprint density at radius 1 is 0.897 bits per heavy atom. The number of nitrogens with zero attached hydrogens (tertiary/aromatic N) is 3. The van der Waals surface area contributed by atoms with Gasteiger partial charge in [-0.25, -0.2) is 14.6 Å². The molecule has 1 aromatic heterocycles. The summed E-state index contributed by atoms with van der Waals surface area (Å²) in [5.74, 6) is -3.55. The number of rotatable bonds is 5. The summed E-state index contributed by atoms with van der Waals surface area (Å²) >= 11 is 0. The Labute approximate surface area is 221 Å². The molecule has 4 rings (SSSR count). The lowest BCUT2D eigenvalue weighted by Gasteiger charge is -2.35. The van der Waals surface area contributed by atoms with Crippen molar-refractivity contribution in [3.8, 4) is 11.4 Å². The number of carboxylic acids is 2. The van der Waals surface area contributed by atoms with Crippen molar-refractivity contribution in [3.63, 3.8) is 0 Å². The number of nitrogens with one attached hydrogen (secondary N) is 1. The van der Waals surface area contributed by atoms with E-state index < -0.39 is 24.3 Å². The SMILES string of the molecule is Cc1[nH]c(-c2ccccc2)nc1CN1CCN(CC2CCCC2)CC1.O=C(O)C(F)(F)F.O=C(O)C(F)(F)F. The Hall–Kier alpha value is -3.13. The molecule has 2 heterocycles. The van der Waals surface area contributed by atoms with Gasteiger partial charge in [-0.15, -0.1) is 0 Å². The Kier molecular flexibility index (Phi) is 11.8. The maximum atomic E-state index is 10.6. The molecule has 1 saturated heterocycles. The van der Waals surface area contributed by atoms with Crippen LogP contribution in [0, 0.1) is 12.8 Å². The number of H-pyrrole nitrogens is 1. The molecule has 3 N–H and O–H groups in total. The van der Waals surface area contributed by atoms with Crippen LogP contribution in [0.4, 0.5) is 26.3 Å². The Morgan fingerprint density at radius 3 is 1.82 bits per heavy atom. The molecule has 1 aromatic carbocycles. The van der Waals surface area contributed by atoms with Gasteiger partial charge in [0.2, 0.25) is 0 Å². The number of piperazine rings is 1. The highest BCUT2D eigenvalue weighted by Gasteiger charge is 2.38. The molecule has 0 radical (unpaired) electrons. The summed E-state index contributed by atoms with van der Waals surface area (Å²) in [4.78, 5) is 31.4. The number of aliphatic carboxylic acids is 2. The van der Waals surface area contributed by atoms with Crippen LogP contribution in [-0.4, -0.2) is 87.0 Å². The van der Waals surface area contributed by atoms with E-state index in [1.165, 1.54) is 75.4 Å². The number of aryl methyl sites for hydroxylation is 1. The minimum absolute atomic E-state index is 0.965. The molecule has 218 valence electrons. The van der Waals surface area contributed by atoms with Gasteiger partial charge in [-0.05, 0) is 25.7 Å². The predicted molar refractivity (Wildman–Crippen MR) is 130 cm³/mol. The van der Waals surface area contributed by atoms with E-state index in [4.69, 9.17) is 24.8 Å². The minimum Gasteiger partial charge on any atom is -0.475 e. The van der Waals surface area contributed by atoms with Crippen molar-refractivity contribution >= 4 is 11.9 Å². The standard InChI is InChI=1S/C21H30N4.2C2HF3O2/c1-17-20(23-21(22-17)19-9-3-2-4-10-19)16-25-13-11-24(12-14-25)15-18-7-5-6-8-18;2*3-2(4,5)1(6)7/h2-4,9-10,18H,5-8,11-16H2,1H3,(H,22,23);2*(H,6,7). The first-order valence-electron chi connectivity index (χ1n) is 12.3. The zero-order valence-electron chi connectivity index (χ0n) is 21.4. The molecule has 0 spiro atoms. The predicted octanol–water partition coefficient (Wildman–Crippen LogP) is 4.96. The number of carbonyl (C=O) groups is 2. The fourth-order valence-corrected chi connectivity index (χ4v) is 4.28. The summed E-state index contributed by atoms with van der Waals surface area (Å²) < 4.78 is 63.5. The second kappa shape index (κ2) is 14.3. The zero-order chi connectivity index (χ0) is 29.2. The molecule has 1 saturated carbocycles. The molecule has 1 aliphatic carbocycles. The summed E-state index contributed by atoms with van der Waals surface area (Å²) in [6.45, 7) is 9.20. The van der Waals surface area contributed by atoms with Crippen LogP contribution >= 0.6 is 0 Å².